The topological polar surface area (TPSA) is 28.7 Å². The molecule has 0 saturated carbocycles. The number of para-hydroxylation sites is 1. The van der Waals surface area contributed by atoms with Gasteiger partial charge in [-0.15, -0.1) is 0 Å². The Labute approximate surface area is 143 Å². The molecule has 0 fully saturated rings. The molecule has 1 unspecified atom stereocenters. The van der Waals surface area contributed by atoms with E-state index in [4.69, 9.17) is 0 Å². The normalized spacial score (nSPS) is 13.0. The van der Waals surface area contributed by atoms with Crippen LogP contribution in [0.5, 0.6) is 0 Å². The van der Waals surface area contributed by atoms with Crippen molar-refractivity contribution >= 4 is 22.6 Å². The third-order valence-electron chi connectivity index (χ3n) is 4.62. The zero-order valence-corrected chi connectivity index (χ0v) is 14.5. The first-order valence-electron chi connectivity index (χ1n) is 8.42. The van der Waals surface area contributed by atoms with Crippen molar-refractivity contribution in [2.75, 3.05) is 0 Å². The highest BCUT2D eigenvalue weighted by Gasteiger charge is 2.11. The monoisotopic (exact) mass is 314 g/mol. The lowest BCUT2D eigenvalue weighted by Crippen LogP contribution is -2.01. The zero-order valence-electron chi connectivity index (χ0n) is 14.5. The Morgan fingerprint density at radius 3 is 2.54 bits per heavy atom. The quantitative estimate of drug-likeness (QED) is 0.544. The van der Waals surface area contributed by atoms with Crippen LogP contribution in [0.25, 0.3) is 22.6 Å². The third kappa shape index (κ3) is 2.98. The maximum Gasteiger partial charge on any atom is 0.0998 e. The van der Waals surface area contributed by atoms with Crippen LogP contribution in [0.2, 0.25) is 0 Å². The van der Waals surface area contributed by atoms with Gasteiger partial charge in [-0.25, -0.2) is 0 Å². The van der Waals surface area contributed by atoms with Crippen molar-refractivity contribution in [1.82, 2.24) is 4.57 Å². The molecule has 1 atom stereocenters. The minimum absolute atomic E-state index is 0.432. The van der Waals surface area contributed by atoms with Gasteiger partial charge in [-0.1, -0.05) is 55.0 Å². The van der Waals surface area contributed by atoms with E-state index in [1.165, 1.54) is 16.5 Å². The van der Waals surface area contributed by atoms with Gasteiger partial charge in [-0.3, -0.25) is 0 Å². The van der Waals surface area contributed by atoms with Crippen LogP contribution in [0.15, 0.2) is 54.7 Å². The number of nitrogens with zero attached hydrogens (tertiary/aromatic N) is 2. The van der Waals surface area contributed by atoms with Crippen molar-refractivity contribution in [2.45, 2.75) is 33.2 Å². The summed E-state index contributed by atoms with van der Waals surface area (Å²) in [5, 5.41) is 10.8. The molecule has 0 aliphatic carbocycles. The lowest BCUT2D eigenvalue weighted by Gasteiger charge is -2.12. The van der Waals surface area contributed by atoms with Crippen molar-refractivity contribution in [2.24, 2.45) is 0 Å². The summed E-state index contributed by atoms with van der Waals surface area (Å²) in [4.78, 5) is 0. The molecule has 0 saturated heterocycles. The molecule has 2 nitrogen and oxygen atoms in total. The number of fused-ring (bicyclic) bond motifs is 1. The van der Waals surface area contributed by atoms with E-state index in [0.29, 0.717) is 11.6 Å². The van der Waals surface area contributed by atoms with Gasteiger partial charge in [0.1, 0.15) is 0 Å². The van der Waals surface area contributed by atoms with Crippen LogP contribution in [-0.2, 0) is 0 Å². The SMILES string of the molecule is CCC(C)n1cc(/C=C(/C#N)c2ccc(C)cc2)c2ccccc21. The van der Waals surface area contributed by atoms with E-state index < -0.39 is 0 Å². The summed E-state index contributed by atoms with van der Waals surface area (Å²) in [5.74, 6) is 0. The van der Waals surface area contributed by atoms with E-state index in [1.54, 1.807) is 0 Å². The molecule has 2 aromatic carbocycles. The summed E-state index contributed by atoms with van der Waals surface area (Å²) in [6, 6.07) is 19.3. The van der Waals surface area contributed by atoms with E-state index in [1.807, 2.05) is 30.3 Å². The number of hydrogen-bond donors (Lipinski definition) is 0. The van der Waals surface area contributed by atoms with Crippen LogP contribution < -0.4 is 0 Å². The highest BCUT2D eigenvalue weighted by atomic mass is 15.0. The summed E-state index contributed by atoms with van der Waals surface area (Å²) >= 11 is 0. The number of hydrogen-bond acceptors (Lipinski definition) is 1. The molecule has 24 heavy (non-hydrogen) atoms. The first kappa shape index (κ1) is 16.1. The van der Waals surface area contributed by atoms with Gasteiger partial charge in [0.2, 0.25) is 0 Å². The lowest BCUT2D eigenvalue weighted by molar-refractivity contribution is 0.548. The van der Waals surface area contributed by atoms with Gasteiger partial charge in [0.05, 0.1) is 11.6 Å². The zero-order chi connectivity index (χ0) is 17.1. The fourth-order valence-corrected chi connectivity index (χ4v) is 2.98. The summed E-state index contributed by atoms with van der Waals surface area (Å²) < 4.78 is 2.31. The third-order valence-corrected chi connectivity index (χ3v) is 4.62. The average molecular weight is 314 g/mol. The summed E-state index contributed by atoms with van der Waals surface area (Å²) in [5.41, 5.74) is 5.18. The summed E-state index contributed by atoms with van der Waals surface area (Å²) in [7, 11) is 0. The maximum absolute atomic E-state index is 9.62. The van der Waals surface area contributed by atoms with Crippen molar-refractivity contribution in [3.63, 3.8) is 0 Å². The van der Waals surface area contributed by atoms with Crippen LogP contribution in [0.1, 0.15) is 43.0 Å². The van der Waals surface area contributed by atoms with Gasteiger partial charge in [0.15, 0.2) is 0 Å². The molecule has 120 valence electrons. The molecule has 0 aliphatic heterocycles. The molecule has 0 aliphatic rings. The van der Waals surface area contributed by atoms with Gasteiger partial charge >= 0.3 is 0 Å². The number of aryl methyl sites for hydroxylation is 1. The maximum atomic E-state index is 9.62. The van der Waals surface area contributed by atoms with Crippen LogP contribution in [-0.4, -0.2) is 4.57 Å². The Balaban J connectivity index is 2.15. The Bertz CT molecular complexity index is 921. The largest absolute Gasteiger partial charge is 0.344 e. The van der Waals surface area contributed by atoms with Crippen LogP contribution >= 0.6 is 0 Å². The van der Waals surface area contributed by atoms with Gasteiger partial charge in [-0.05, 0) is 38.0 Å². The van der Waals surface area contributed by atoms with Crippen molar-refractivity contribution in [3.05, 3.63) is 71.4 Å². The molecule has 0 spiro atoms. The smallest absolute Gasteiger partial charge is 0.0998 e. The van der Waals surface area contributed by atoms with E-state index in [2.05, 4.69) is 61.9 Å². The number of benzene rings is 2. The number of rotatable bonds is 4. The molecular formula is C22H22N2. The van der Waals surface area contributed by atoms with E-state index in [-0.39, 0.29) is 0 Å². The highest BCUT2D eigenvalue weighted by Crippen LogP contribution is 2.29. The fraction of sp³-hybridized carbons (Fsp3) is 0.227. The lowest BCUT2D eigenvalue weighted by atomic mass is 10.0. The number of nitriles is 1. The van der Waals surface area contributed by atoms with Gasteiger partial charge < -0.3 is 4.57 Å². The Hall–Kier alpha value is -2.79. The molecule has 0 bridgehead atoms. The fourth-order valence-electron chi connectivity index (χ4n) is 2.98. The van der Waals surface area contributed by atoms with Crippen LogP contribution in [0.3, 0.4) is 0 Å². The predicted octanol–water partition coefficient (Wildman–Crippen LogP) is 5.98. The molecule has 3 rings (SSSR count). The van der Waals surface area contributed by atoms with E-state index in [9.17, 15) is 5.26 Å². The van der Waals surface area contributed by atoms with E-state index in [0.717, 1.165) is 17.5 Å². The van der Waals surface area contributed by atoms with Crippen molar-refractivity contribution in [1.29, 1.82) is 5.26 Å². The second kappa shape index (κ2) is 6.76. The second-order valence-electron chi connectivity index (χ2n) is 6.30. The number of aromatic nitrogens is 1. The molecule has 1 aromatic heterocycles. The average Bonchev–Trinajstić information content (AvgIpc) is 2.98. The minimum Gasteiger partial charge on any atom is -0.344 e. The van der Waals surface area contributed by atoms with E-state index >= 15 is 0 Å². The molecule has 0 radical (unpaired) electrons. The van der Waals surface area contributed by atoms with Crippen molar-refractivity contribution < 1.29 is 0 Å². The van der Waals surface area contributed by atoms with Gasteiger partial charge in [0, 0.05) is 28.7 Å². The highest BCUT2D eigenvalue weighted by molar-refractivity contribution is 5.98. The molecule has 0 N–H and O–H groups in total. The second-order valence-corrected chi connectivity index (χ2v) is 6.30. The van der Waals surface area contributed by atoms with Crippen molar-refractivity contribution in [3.8, 4) is 6.07 Å². The Morgan fingerprint density at radius 1 is 1.17 bits per heavy atom. The van der Waals surface area contributed by atoms with Gasteiger partial charge in [0.25, 0.3) is 0 Å². The minimum atomic E-state index is 0.432. The Kier molecular flexibility index (Phi) is 4.53. The summed E-state index contributed by atoms with van der Waals surface area (Å²) in [6.07, 6.45) is 5.25. The van der Waals surface area contributed by atoms with Gasteiger partial charge in [-0.2, -0.15) is 5.26 Å². The first-order valence-corrected chi connectivity index (χ1v) is 8.42. The predicted molar refractivity (Wildman–Crippen MR) is 102 cm³/mol. The molecule has 3 aromatic rings. The molecule has 0 amide bonds. The van der Waals surface area contributed by atoms with Crippen LogP contribution in [0.4, 0.5) is 0 Å². The molecule has 2 heteroatoms. The Morgan fingerprint density at radius 2 is 1.88 bits per heavy atom. The standard InChI is InChI=1S/C22H22N2/c1-4-17(3)24-15-20(21-7-5-6-8-22(21)24)13-19(14-23)18-11-9-16(2)10-12-18/h5-13,15,17H,4H2,1-3H3/b19-13-. The molecule has 1 heterocycles. The molecular weight excluding hydrogens is 292 g/mol. The van der Waals surface area contributed by atoms with Crippen LogP contribution in [0, 0.1) is 18.3 Å². The first-order chi connectivity index (χ1) is 11.6. The summed E-state index contributed by atoms with van der Waals surface area (Å²) in [6.45, 7) is 6.48. The number of allylic oxidation sites excluding steroid dienone is 1.